The molecule has 0 unspecified atom stereocenters. The van der Waals surface area contributed by atoms with Crippen molar-refractivity contribution in [3.05, 3.63) is 106 Å². The van der Waals surface area contributed by atoms with E-state index in [0.717, 1.165) is 24.8 Å². The fourth-order valence-corrected chi connectivity index (χ4v) is 1.65. The van der Waals surface area contributed by atoms with Crippen molar-refractivity contribution in [2.24, 2.45) is 0 Å². The van der Waals surface area contributed by atoms with Gasteiger partial charge < -0.3 is 4.57 Å². The number of nitrogens with zero attached hydrogens (tertiary/aromatic N) is 1. The second kappa shape index (κ2) is 40.0. The first-order chi connectivity index (χ1) is 13.9. The third-order valence-corrected chi connectivity index (χ3v) is 2.59. The van der Waals surface area contributed by atoms with Crippen LogP contribution in [0, 0.1) is 51.6 Å². The third kappa shape index (κ3) is 27.5. The molecule has 7 heteroatoms. The summed E-state index contributed by atoms with van der Waals surface area (Å²) in [4.78, 5) is 0. The Hall–Kier alpha value is -2.81. The number of benzene rings is 1. The van der Waals surface area contributed by atoms with Crippen LogP contribution in [0.4, 0.5) is 0 Å². The molecule has 1 heterocycles. The molecule has 0 saturated carbocycles. The molecule has 0 amide bonds. The van der Waals surface area contributed by atoms with Crippen LogP contribution in [0.5, 0.6) is 0 Å². The molecule has 29 heavy (non-hydrogen) atoms. The second-order valence-corrected chi connectivity index (χ2v) is 4.07. The Labute approximate surface area is 186 Å². The SMILES string of the molecule is C(#Cc1ccccc1)CCC[CH-][n+]1ccccc1.[C-]#[O+].[C-]#[O+].[C-]#[O+].[C-]#[O+].[C-]#[O+].[W]. The van der Waals surface area contributed by atoms with Crippen LogP contribution in [0.3, 0.4) is 0 Å². The monoisotopic (exact) mass is 559 g/mol. The van der Waals surface area contributed by atoms with Gasteiger partial charge in [0.15, 0.2) is 0 Å². The number of hydrogen-bond donors (Lipinski definition) is 0. The van der Waals surface area contributed by atoms with Gasteiger partial charge in [0.1, 0.15) is 0 Å². The van der Waals surface area contributed by atoms with Crippen molar-refractivity contribution in [2.45, 2.75) is 19.3 Å². The van der Waals surface area contributed by atoms with E-state index in [-0.39, 0.29) is 21.1 Å². The minimum Gasteiger partial charge on any atom is 0 e. The van der Waals surface area contributed by atoms with Gasteiger partial charge in [0.25, 0.3) is 0 Å². The van der Waals surface area contributed by atoms with E-state index in [1.165, 1.54) is 0 Å². The number of pyridine rings is 1. The molecule has 1 aromatic heterocycles. The van der Waals surface area contributed by atoms with Crippen LogP contribution in [-0.4, -0.2) is 0 Å². The number of hydrogen-bond acceptors (Lipinski definition) is 0. The molecule has 0 radical (unpaired) electrons. The van der Waals surface area contributed by atoms with E-state index in [2.05, 4.69) is 68.6 Å². The van der Waals surface area contributed by atoms with Gasteiger partial charge in [-0.25, -0.2) is 0 Å². The van der Waals surface area contributed by atoms with E-state index < -0.39 is 0 Å². The summed E-state index contributed by atoms with van der Waals surface area (Å²) in [5.41, 5.74) is 1.10. The van der Waals surface area contributed by atoms with E-state index in [1.807, 2.05) is 48.5 Å². The summed E-state index contributed by atoms with van der Waals surface area (Å²) in [7, 11) is 0. The molecule has 0 N–H and O–H groups in total. The summed E-state index contributed by atoms with van der Waals surface area (Å²) >= 11 is 0. The Morgan fingerprint density at radius 2 is 1.17 bits per heavy atom. The van der Waals surface area contributed by atoms with Crippen LogP contribution in [0.2, 0.25) is 0 Å². The van der Waals surface area contributed by atoms with Gasteiger partial charge in [0.05, 0.1) is 12.4 Å². The fourth-order valence-electron chi connectivity index (χ4n) is 1.65. The zero-order valence-corrected chi connectivity index (χ0v) is 18.3. The minimum absolute atomic E-state index is 0. The predicted molar refractivity (Wildman–Crippen MR) is 93.2 cm³/mol. The van der Waals surface area contributed by atoms with Gasteiger partial charge in [0.2, 0.25) is 0 Å². The summed E-state index contributed by atoms with van der Waals surface area (Å²) in [6.45, 7) is 24.7. The van der Waals surface area contributed by atoms with Gasteiger partial charge in [-0.2, -0.15) is 0 Å². The quantitative estimate of drug-likeness (QED) is 0.181. The van der Waals surface area contributed by atoms with E-state index in [0.29, 0.717) is 0 Å². The van der Waals surface area contributed by atoms with Crippen molar-refractivity contribution in [2.75, 3.05) is 0 Å². The van der Waals surface area contributed by atoms with E-state index in [9.17, 15) is 0 Å². The van der Waals surface area contributed by atoms with Crippen molar-refractivity contribution in [1.29, 1.82) is 0 Å². The minimum atomic E-state index is 0. The van der Waals surface area contributed by atoms with Crippen LogP contribution >= 0.6 is 0 Å². The zero-order chi connectivity index (χ0) is 22.5. The topological polar surface area (TPSA) is 103 Å². The normalized spacial score (nSPS) is 6.14. The van der Waals surface area contributed by atoms with Gasteiger partial charge in [-0.15, -0.1) is 0 Å². The maximum Gasteiger partial charge on any atom is 0 e. The predicted octanol–water partition coefficient (Wildman–Crippen LogP) is 3.02. The molecule has 0 spiro atoms. The number of aromatic nitrogens is 1. The molecule has 0 saturated heterocycles. The van der Waals surface area contributed by atoms with Crippen molar-refractivity contribution in [1.82, 2.24) is 0 Å². The van der Waals surface area contributed by atoms with Gasteiger partial charge >= 0.3 is 56.5 Å². The summed E-state index contributed by atoms with van der Waals surface area (Å²) < 4.78 is 39.6. The first kappa shape index (κ1) is 37.0. The maximum absolute atomic E-state index is 7.50. The smallest absolute Gasteiger partial charge is 0 e. The molecule has 2 aromatic rings. The summed E-state index contributed by atoms with van der Waals surface area (Å²) in [6.07, 6.45) is 7.20. The van der Waals surface area contributed by atoms with Crippen LogP contribution in [0.15, 0.2) is 60.9 Å². The molecule has 146 valence electrons. The average Bonchev–Trinajstić information content (AvgIpc) is 2.84. The average molecular weight is 559 g/mol. The summed E-state index contributed by atoms with van der Waals surface area (Å²) in [6, 6.07) is 16.2. The molecule has 0 aliphatic carbocycles. The first-order valence-electron chi connectivity index (χ1n) is 7.30. The van der Waals surface area contributed by atoms with Gasteiger partial charge in [0, 0.05) is 39.6 Å². The zero-order valence-electron chi connectivity index (χ0n) is 15.4. The molecule has 0 bridgehead atoms. The first-order valence-corrected chi connectivity index (χ1v) is 7.30. The molecule has 0 aliphatic rings. The van der Waals surface area contributed by atoms with Crippen LogP contribution in [0.25, 0.3) is 0 Å². The second-order valence-electron chi connectivity index (χ2n) is 4.07. The molecule has 0 atom stereocenters. The van der Waals surface area contributed by atoms with Crippen molar-refractivity contribution in [3.8, 4) is 11.8 Å². The molecule has 0 fully saturated rings. The molecule has 1 aromatic carbocycles. The molecular formula is C22H17NO5W. The Bertz CT molecular complexity index is 691. The van der Waals surface area contributed by atoms with Gasteiger partial charge in [-0.3, -0.25) is 0 Å². The Balaban J connectivity index is -0.000000153. The Kier molecular flexibility index (Phi) is 51.1. The van der Waals surface area contributed by atoms with E-state index >= 15 is 0 Å². The largest absolute Gasteiger partial charge is 0 e. The van der Waals surface area contributed by atoms with E-state index in [1.54, 1.807) is 0 Å². The third-order valence-electron chi connectivity index (χ3n) is 2.59. The maximum atomic E-state index is 7.50. The molecule has 2 rings (SSSR count). The standard InChI is InChI=1S/C17H17N.5CO.W/c1(5-11-17-12-6-3-7-13-17)2-8-14-18-15-9-4-10-16-18;5*1-2;/h3-4,6-7,9-10,12-16H,1-2,8H2;;;;;;. The van der Waals surface area contributed by atoms with Gasteiger partial charge in [-0.1, -0.05) is 48.2 Å². The molecule has 0 aliphatic heterocycles. The summed E-state index contributed by atoms with van der Waals surface area (Å²) in [5, 5.41) is 0. The molecular weight excluding hydrogens is 542 g/mol. The van der Waals surface area contributed by atoms with Crippen LogP contribution < -0.4 is 4.57 Å². The fraction of sp³-hybridized carbons (Fsp3) is 0.136. The van der Waals surface area contributed by atoms with Crippen molar-refractivity contribution < 1.29 is 48.9 Å². The van der Waals surface area contributed by atoms with Crippen molar-refractivity contribution in [3.63, 3.8) is 0 Å². The van der Waals surface area contributed by atoms with Gasteiger partial charge in [-0.05, 0) is 25.0 Å². The molecule has 6 nitrogen and oxygen atoms in total. The Morgan fingerprint density at radius 3 is 1.66 bits per heavy atom. The number of rotatable bonds is 4. The summed E-state index contributed by atoms with van der Waals surface area (Å²) in [5.74, 6) is 6.38. The van der Waals surface area contributed by atoms with E-state index in [4.69, 9.17) is 23.3 Å². The number of unbranched alkanes of at least 4 members (excludes halogenated alkanes) is 2. The Morgan fingerprint density at radius 1 is 0.724 bits per heavy atom. The van der Waals surface area contributed by atoms with Crippen LogP contribution in [-0.2, 0) is 44.3 Å². The van der Waals surface area contributed by atoms with Crippen LogP contribution in [0.1, 0.15) is 24.8 Å². The van der Waals surface area contributed by atoms with Crippen molar-refractivity contribution >= 4 is 0 Å².